The third-order valence-electron chi connectivity index (χ3n) is 2.00. The third kappa shape index (κ3) is 2.47. The largest absolute Gasteiger partial charge is 0.396 e. The van der Waals surface area contributed by atoms with Crippen molar-refractivity contribution in [2.45, 2.75) is 18.9 Å². The molecule has 0 radical (unpaired) electrons. The highest BCUT2D eigenvalue weighted by molar-refractivity contribution is 5.19. The Morgan fingerprint density at radius 2 is 2.31 bits per heavy atom. The smallest absolute Gasteiger partial charge is 0.141 e. The zero-order valence-corrected chi connectivity index (χ0v) is 7.50. The minimum atomic E-state index is -0.718. The molecule has 1 aromatic heterocycles. The normalized spacial score (nSPS) is 15.4. The fraction of sp³-hybridized carbons (Fsp3) is 0.444. The Bertz CT molecular complexity index is 289. The number of hydrogen-bond acceptors (Lipinski definition) is 3. The van der Waals surface area contributed by atoms with Crippen LogP contribution in [-0.2, 0) is 5.54 Å². The number of halogens is 1. The van der Waals surface area contributed by atoms with Gasteiger partial charge in [0, 0.05) is 18.3 Å². The fourth-order valence-electron chi connectivity index (χ4n) is 1.10. The number of pyridine rings is 1. The van der Waals surface area contributed by atoms with Gasteiger partial charge in [0.15, 0.2) is 0 Å². The molecule has 13 heavy (non-hydrogen) atoms. The molecule has 0 saturated carbocycles. The van der Waals surface area contributed by atoms with Gasteiger partial charge >= 0.3 is 0 Å². The van der Waals surface area contributed by atoms with E-state index in [4.69, 9.17) is 10.8 Å². The predicted octanol–water partition coefficient (Wildman–Crippen LogP) is 0.777. The number of aliphatic hydroxyl groups excluding tert-OH is 1. The molecule has 1 aromatic rings. The molecule has 0 bridgehead atoms. The molecule has 0 spiro atoms. The van der Waals surface area contributed by atoms with Crippen LogP contribution in [0.1, 0.15) is 18.9 Å². The van der Waals surface area contributed by atoms with E-state index in [2.05, 4.69) is 4.98 Å². The highest BCUT2D eigenvalue weighted by Gasteiger charge is 2.20. The summed E-state index contributed by atoms with van der Waals surface area (Å²) in [6.45, 7) is 1.71. The van der Waals surface area contributed by atoms with Gasteiger partial charge in [-0.2, -0.15) is 0 Å². The molecule has 0 saturated heterocycles. The van der Waals surface area contributed by atoms with Crippen molar-refractivity contribution in [3.63, 3.8) is 0 Å². The van der Waals surface area contributed by atoms with Gasteiger partial charge in [-0.1, -0.05) is 0 Å². The highest BCUT2D eigenvalue weighted by Crippen LogP contribution is 2.20. The van der Waals surface area contributed by atoms with E-state index in [-0.39, 0.29) is 6.61 Å². The van der Waals surface area contributed by atoms with E-state index >= 15 is 0 Å². The van der Waals surface area contributed by atoms with Gasteiger partial charge in [0.25, 0.3) is 0 Å². The van der Waals surface area contributed by atoms with Crippen LogP contribution in [0.3, 0.4) is 0 Å². The van der Waals surface area contributed by atoms with Crippen LogP contribution in [-0.4, -0.2) is 16.7 Å². The van der Waals surface area contributed by atoms with Gasteiger partial charge in [0.1, 0.15) is 5.82 Å². The van der Waals surface area contributed by atoms with Crippen molar-refractivity contribution in [1.82, 2.24) is 4.98 Å². The molecule has 0 aliphatic rings. The zero-order valence-electron chi connectivity index (χ0n) is 7.50. The van der Waals surface area contributed by atoms with Crippen molar-refractivity contribution in [2.75, 3.05) is 6.61 Å². The number of aromatic nitrogens is 1. The average molecular weight is 184 g/mol. The first-order chi connectivity index (χ1) is 6.06. The summed E-state index contributed by atoms with van der Waals surface area (Å²) in [6, 6.07) is 1.34. The van der Waals surface area contributed by atoms with Gasteiger partial charge in [-0.15, -0.1) is 0 Å². The summed E-state index contributed by atoms with van der Waals surface area (Å²) in [5.74, 6) is -0.410. The zero-order chi connectivity index (χ0) is 9.90. The molecule has 3 nitrogen and oxygen atoms in total. The van der Waals surface area contributed by atoms with Crippen LogP contribution in [0.2, 0.25) is 0 Å². The van der Waals surface area contributed by atoms with Gasteiger partial charge in [-0.25, -0.2) is 4.39 Å². The van der Waals surface area contributed by atoms with E-state index in [1.165, 1.54) is 12.3 Å². The van der Waals surface area contributed by atoms with Crippen LogP contribution in [0.4, 0.5) is 4.39 Å². The lowest BCUT2D eigenvalue weighted by atomic mass is 9.91. The standard InChI is InChI=1S/C9H13FN2O/c1-9(11,2-3-13)7-4-8(10)6-12-5-7/h4-6,13H,2-3,11H2,1H3. The minimum Gasteiger partial charge on any atom is -0.396 e. The molecule has 4 heteroatoms. The lowest BCUT2D eigenvalue weighted by Gasteiger charge is -2.23. The first-order valence-electron chi connectivity index (χ1n) is 4.07. The first kappa shape index (κ1) is 10.1. The number of nitrogens with two attached hydrogens (primary N) is 1. The Labute approximate surface area is 76.4 Å². The van der Waals surface area contributed by atoms with Crippen molar-refractivity contribution in [3.8, 4) is 0 Å². The molecule has 1 atom stereocenters. The topological polar surface area (TPSA) is 59.1 Å². The van der Waals surface area contributed by atoms with Crippen molar-refractivity contribution in [3.05, 3.63) is 29.8 Å². The Kier molecular flexibility index (Phi) is 2.95. The van der Waals surface area contributed by atoms with Crippen LogP contribution in [0.25, 0.3) is 0 Å². The summed E-state index contributed by atoms with van der Waals surface area (Å²) < 4.78 is 12.8. The number of hydrogen-bond donors (Lipinski definition) is 2. The highest BCUT2D eigenvalue weighted by atomic mass is 19.1. The van der Waals surface area contributed by atoms with Gasteiger partial charge in [0.2, 0.25) is 0 Å². The molecule has 0 aliphatic carbocycles. The maximum atomic E-state index is 12.8. The summed E-state index contributed by atoms with van der Waals surface area (Å²) in [5.41, 5.74) is 5.73. The van der Waals surface area contributed by atoms with Crippen molar-refractivity contribution in [2.24, 2.45) is 5.73 Å². The Morgan fingerprint density at radius 3 is 2.85 bits per heavy atom. The van der Waals surface area contributed by atoms with Crippen molar-refractivity contribution in [1.29, 1.82) is 0 Å². The lowest BCUT2D eigenvalue weighted by Crippen LogP contribution is -2.34. The molecule has 1 rings (SSSR count). The Balaban J connectivity index is 2.93. The van der Waals surface area contributed by atoms with E-state index in [0.717, 1.165) is 6.20 Å². The summed E-state index contributed by atoms with van der Waals surface area (Å²) >= 11 is 0. The molecule has 1 heterocycles. The molecule has 0 fully saturated rings. The monoisotopic (exact) mass is 184 g/mol. The molecule has 72 valence electrons. The summed E-state index contributed by atoms with van der Waals surface area (Å²) in [4.78, 5) is 3.70. The van der Waals surface area contributed by atoms with Gasteiger partial charge in [-0.3, -0.25) is 4.98 Å². The second kappa shape index (κ2) is 3.81. The van der Waals surface area contributed by atoms with E-state index in [9.17, 15) is 4.39 Å². The van der Waals surface area contributed by atoms with E-state index in [0.29, 0.717) is 12.0 Å². The quantitative estimate of drug-likeness (QED) is 0.729. The number of aliphatic hydroxyl groups is 1. The fourth-order valence-corrected chi connectivity index (χ4v) is 1.10. The van der Waals surface area contributed by atoms with Gasteiger partial charge < -0.3 is 10.8 Å². The molecular formula is C9H13FN2O. The minimum absolute atomic E-state index is 0.0243. The van der Waals surface area contributed by atoms with Crippen LogP contribution in [0, 0.1) is 5.82 Å². The van der Waals surface area contributed by atoms with E-state index < -0.39 is 11.4 Å². The predicted molar refractivity (Wildman–Crippen MR) is 47.4 cm³/mol. The van der Waals surface area contributed by atoms with Crippen LogP contribution < -0.4 is 5.73 Å². The van der Waals surface area contributed by atoms with Crippen LogP contribution >= 0.6 is 0 Å². The van der Waals surface area contributed by atoms with E-state index in [1.54, 1.807) is 6.92 Å². The van der Waals surface area contributed by atoms with Gasteiger partial charge in [0.05, 0.1) is 6.20 Å². The summed E-state index contributed by atoms with van der Waals surface area (Å²) in [5, 5.41) is 8.74. The maximum absolute atomic E-state index is 12.8. The molecule has 0 aromatic carbocycles. The van der Waals surface area contributed by atoms with Crippen LogP contribution in [0.5, 0.6) is 0 Å². The molecular weight excluding hydrogens is 171 g/mol. The Morgan fingerprint density at radius 1 is 1.62 bits per heavy atom. The SMILES string of the molecule is CC(N)(CCO)c1cncc(F)c1. The van der Waals surface area contributed by atoms with Gasteiger partial charge in [-0.05, 0) is 25.0 Å². The Hall–Kier alpha value is -1.00. The first-order valence-corrected chi connectivity index (χ1v) is 4.07. The third-order valence-corrected chi connectivity index (χ3v) is 2.00. The maximum Gasteiger partial charge on any atom is 0.141 e. The number of nitrogens with zero attached hydrogens (tertiary/aromatic N) is 1. The second-order valence-corrected chi connectivity index (χ2v) is 3.28. The molecule has 0 aliphatic heterocycles. The lowest BCUT2D eigenvalue weighted by molar-refractivity contribution is 0.246. The number of rotatable bonds is 3. The molecule has 1 unspecified atom stereocenters. The summed E-state index contributed by atoms with van der Waals surface area (Å²) in [6.07, 6.45) is 3.02. The second-order valence-electron chi connectivity index (χ2n) is 3.28. The molecule has 0 amide bonds. The van der Waals surface area contributed by atoms with Crippen LogP contribution in [0.15, 0.2) is 18.5 Å². The average Bonchev–Trinajstić information content (AvgIpc) is 2.04. The van der Waals surface area contributed by atoms with Crippen molar-refractivity contribution >= 4 is 0 Å². The van der Waals surface area contributed by atoms with Crippen molar-refractivity contribution < 1.29 is 9.50 Å². The summed E-state index contributed by atoms with van der Waals surface area (Å²) in [7, 11) is 0. The van der Waals surface area contributed by atoms with E-state index in [1.807, 2.05) is 0 Å². The molecule has 3 N–H and O–H groups in total.